The number of benzene rings is 4. The predicted molar refractivity (Wildman–Crippen MR) is 111 cm³/mol. The van der Waals surface area contributed by atoms with E-state index in [9.17, 15) is 4.79 Å². The fourth-order valence-corrected chi connectivity index (χ4v) is 4.09. The molecule has 0 bridgehead atoms. The summed E-state index contributed by atoms with van der Waals surface area (Å²) < 4.78 is 0. The number of carbonyl (C=O) groups is 1. The van der Waals surface area contributed by atoms with E-state index in [-0.39, 0.29) is 5.78 Å². The zero-order valence-electron chi connectivity index (χ0n) is 14.4. The van der Waals surface area contributed by atoms with Gasteiger partial charge in [-0.15, -0.1) is 0 Å². The Bertz CT molecular complexity index is 1190. The first-order valence-corrected chi connectivity index (χ1v) is 9.24. The standard InChI is InChI=1S/C25H15ClO/c26-19-14-17(16-7-2-1-3-8-16)13-18(15-19)20-11-6-12-22-21-9-4-5-10-23(21)25(27)24(20)22/h1-15H. The van der Waals surface area contributed by atoms with Gasteiger partial charge in [-0.2, -0.15) is 0 Å². The fraction of sp³-hybridized carbons (Fsp3) is 0. The molecule has 2 heteroatoms. The monoisotopic (exact) mass is 366 g/mol. The van der Waals surface area contributed by atoms with Crippen LogP contribution in [0.2, 0.25) is 5.02 Å². The Kier molecular flexibility index (Phi) is 3.70. The van der Waals surface area contributed by atoms with Crippen LogP contribution in [0.25, 0.3) is 33.4 Å². The lowest BCUT2D eigenvalue weighted by Gasteiger charge is -2.11. The summed E-state index contributed by atoms with van der Waals surface area (Å²) in [7, 11) is 0. The molecule has 0 amide bonds. The van der Waals surface area contributed by atoms with Crippen molar-refractivity contribution in [3.05, 3.63) is 107 Å². The van der Waals surface area contributed by atoms with Gasteiger partial charge in [-0.1, -0.05) is 84.4 Å². The highest BCUT2D eigenvalue weighted by Crippen LogP contribution is 2.42. The number of halogens is 1. The molecule has 5 rings (SSSR count). The van der Waals surface area contributed by atoms with Crippen molar-refractivity contribution in [3.8, 4) is 33.4 Å². The van der Waals surface area contributed by atoms with Gasteiger partial charge in [0.25, 0.3) is 0 Å². The highest BCUT2D eigenvalue weighted by molar-refractivity contribution is 6.31. The quantitative estimate of drug-likeness (QED) is 0.332. The van der Waals surface area contributed by atoms with Gasteiger partial charge >= 0.3 is 0 Å². The van der Waals surface area contributed by atoms with Gasteiger partial charge in [0, 0.05) is 16.1 Å². The van der Waals surface area contributed by atoms with Gasteiger partial charge in [-0.05, 0) is 51.6 Å². The minimum absolute atomic E-state index is 0.0810. The lowest BCUT2D eigenvalue weighted by Crippen LogP contribution is -1.98. The van der Waals surface area contributed by atoms with Crippen molar-refractivity contribution in [2.24, 2.45) is 0 Å². The summed E-state index contributed by atoms with van der Waals surface area (Å²) in [5, 5.41) is 0.659. The molecule has 128 valence electrons. The first kappa shape index (κ1) is 16.0. The second-order valence-electron chi connectivity index (χ2n) is 6.70. The second-order valence-corrected chi connectivity index (χ2v) is 7.13. The first-order chi connectivity index (χ1) is 13.2. The van der Waals surface area contributed by atoms with Crippen LogP contribution in [0, 0.1) is 0 Å². The largest absolute Gasteiger partial charge is 0.289 e. The van der Waals surface area contributed by atoms with Crippen LogP contribution in [0.4, 0.5) is 0 Å². The van der Waals surface area contributed by atoms with Crippen LogP contribution in [0.15, 0.2) is 91.0 Å². The number of hydrogen-bond donors (Lipinski definition) is 0. The number of hydrogen-bond acceptors (Lipinski definition) is 1. The molecule has 1 aliphatic rings. The lowest BCUT2D eigenvalue weighted by molar-refractivity contribution is 0.104. The van der Waals surface area contributed by atoms with E-state index in [1.165, 1.54) is 0 Å². The second kappa shape index (κ2) is 6.22. The molecule has 0 atom stereocenters. The van der Waals surface area contributed by atoms with Crippen LogP contribution in [-0.2, 0) is 0 Å². The van der Waals surface area contributed by atoms with E-state index in [0.29, 0.717) is 5.02 Å². The van der Waals surface area contributed by atoms with Gasteiger partial charge < -0.3 is 0 Å². The third-order valence-electron chi connectivity index (χ3n) is 5.07. The molecule has 4 aromatic carbocycles. The Morgan fingerprint density at radius 3 is 1.96 bits per heavy atom. The lowest BCUT2D eigenvalue weighted by atomic mass is 9.93. The fourth-order valence-electron chi connectivity index (χ4n) is 3.86. The zero-order valence-corrected chi connectivity index (χ0v) is 15.2. The minimum atomic E-state index is 0.0810. The maximum Gasteiger partial charge on any atom is 0.194 e. The van der Waals surface area contributed by atoms with Gasteiger partial charge in [0.1, 0.15) is 0 Å². The molecule has 0 heterocycles. The molecule has 0 aliphatic heterocycles. The number of carbonyl (C=O) groups excluding carboxylic acids is 1. The summed E-state index contributed by atoms with van der Waals surface area (Å²) in [4.78, 5) is 13.1. The molecule has 0 radical (unpaired) electrons. The SMILES string of the molecule is O=C1c2ccccc2-c2cccc(-c3cc(Cl)cc(-c4ccccc4)c3)c21. The maximum atomic E-state index is 13.1. The van der Waals surface area contributed by atoms with E-state index in [1.807, 2.05) is 72.8 Å². The van der Waals surface area contributed by atoms with Crippen LogP contribution in [0.5, 0.6) is 0 Å². The molecule has 4 aromatic rings. The molecule has 0 aromatic heterocycles. The maximum absolute atomic E-state index is 13.1. The molecule has 0 unspecified atom stereocenters. The first-order valence-electron chi connectivity index (χ1n) is 8.86. The Morgan fingerprint density at radius 1 is 0.519 bits per heavy atom. The third-order valence-corrected chi connectivity index (χ3v) is 5.29. The van der Waals surface area contributed by atoms with Crippen LogP contribution < -0.4 is 0 Å². The van der Waals surface area contributed by atoms with E-state index in [0.717, 1.165) is 44.5 Å². The Morgan fingerprint density at radius 2 is 1.15 bits per heavy atom. The van der Waals surface area contributed by atoms with Crippen molar-refractivity contribution in [1.29, 1.82) is 0 Å². The van der Waals surface area contributed by atoms with Crippen molar-refractivity contribution < 1.29 is 4.79 Å². The van der Waals surface area contributed by atoms with Gasteiger partial charge in [0.05, 0.1) is 0 Å². The summed E-state index contributed by atoms with van der Waals surface area (Å²) in [5.41, 5.74) is 7.55. The number of fused-ring (bicyclic) bond motifs is 3. The normalized spacial score (nSPS) is 12.0. The van der Waals surface area contributed by atoms with Gasteiger partial charge in [0.15, 0.2) is 5.78 Å². The van der Waals surface area contributed by atoms with Crippen molar-refractivity contribution in [3.63, 3.8) is 0 Å². The highest BCUT2D eigenvalue weighted by Gasteiger charge is 2.29. The van der Waals surface area contributed by atoms with E-state index in [1.54, 1.807) is 0 Å². The molecule has 0 fully saturated rings. The molecule has 1 nitrogen and oxygen atoms in total. The molecular weight excluding hydrogens is 352 g/mol. The molecule has 0 saturated heterocycles. The van der Waals surface area contributed by atoms with Crippen LogP contribution >= 0.6 is 11.6 Å². The minimum Gasteiger partial charge on any atom is -0.289 e. The zero-order chi connectivity index (χ0) is 18.4. The molecular formula is C25H15ClO. The third kappa shape index (κ3) is 2.59. The van der Waals surface area contributed by atoms with Crippen molar-refractivity contribution >= 4 is 17.4 Å². The highest BCUT2D eigenvalue weighted by atomic mass is 35.5. The van der Waals surface area contributed by atoms with E-state index in [4.69, 9.17) is 11.6 Å². The van der Waals surface area contributed by atoms with Gasteiger partial charge in [0.2, 0.25) is 0 Å². The topological polar surface area (TPSA) is 17.1 Å². The molecule has 0 saturated carbocycles. The average molecular weight is 367 g/mol. The molecule has 0 spiro atoms. The number of ketones is 1. The summed E-state index contributed by atoms with van der Waals surface area (Å²) in [6, 6.07) is 30.0. The van der Waals surface area contributed by atoms with Crippen molar-refractivity contribution in [2.45, 2.75) is 0 Å². The Hall–Kier alpha value is -3.16. The Labute approximate surface area is 162 Å². The summed E-state index contributed by atoms with van der Waals surface area (Å²) >= 11 is 6.44. The summed E-state index contributed by atoms with van der Waals surface area (Å²) in [5.74, 6) is 0.0810. The van der Waals surface area contributed by atoms with Crippen LogP contribution in [-0.4, -0.2) is 5.78 Å². The van der Waals surface area contributed by atoms with E-state index < -0.39 is 0 Å². The van der Waals surface area contributed by atoms with Crippen LogP contribution in [0.1, 0.15) is 15.9 Å². The van der Waals surface area contributed by atoms with Crippen molar-refractivity contribution in [2.75, 3.05) is 0 Å². The van der Waals surface area contributed by atoms with Gasteiger partial charge in [-0.25, -0.2) is 0 Å². The number of rotatable bonds is 2. The smallest absolute Gasteiger partial charge is 0.194 e. The van der Waals surface area contributed by atoms with Crippen LogP contribution in [0.3, 0.4) is 0 Å². The molecule has 0 N–H and O–H groups in total. The van der Waals surface area contributed by atoms with E-state index >= 15 is 0 Å². The summed E-state index contributed by atoms with van der Waals surface area (Å²) in [6.07, 6.45) is 0. The predicted octanol–water partition coefficient (Wildman–Crippen LogP) is 6.89. The molecule has 1 aliphatic carbocycles. The van der Waals surface area contributed by atoms with E-state index in [2.05, 4.69) is 18.2 Å². The molecule has 27 heavy (non-hydrogen) atoms. The van der Waals surface area contributed by atoms with Crippen molar-refractivity contribution in [1.82, 2.24) is 0 Å². The Balaban J connectivity index is 1.72. The summed E-state index contributed by atoms with van der Waals surface area (Å²) in [6.45, 7) is 0. The van der Waals surface area contributed by atoms with Gasteiger partial charge in [-0.3, -0.25) is 4.79 Å². The average Bonchev–Trinajstić information content (AvgIpc) is 3.01.